The summed E-state index contributed by atoms with van der Waals surface area (Å²) < 4.78 is 34.6. The minimum Gasteiger partial charge on any atom is -0.481 e. The first-order valence-electron chi connectivity index (χ1n) is 16.1. The highest BCUT2D eigenvalue weighted by molar-refractivity contribution is 5.77. The van der Waals surface area contributed by atoms with Crippen molar-refractivity contribution in [3.05, 3.63) is 41.5 Å². The lowest BCUT2D eigenvalue weighted by Crippen LogP contribution is -2.35. The molecule has 1 heterocycles. The number of ether oxygens (including phenoxy) is 6. The summed E-state index contributed by atoms with van der Waals surface area (Å²) in [6.45, 7) is 9.23. The fourth-order valence-corrected chi connectivity index (χ4v) is 4.78. The third-order valence-electron chi connectivity index (χ3n) is 6.89. The first-order valence-corrected chi connectivity index (χ1v) is 16.1. The molecule has 0 aromatic heterocycles. The molecule has 2 atom stereocenters. The molecule has 0 saturated carbocycles. The minimum absolute atomic E-state index is 0.0184. The van der Waals surface area contributed by atoms with Crippen molar-refractivity contribution in [2.45, 2.75) is 117 Å². The molecule has 3 rings (SSSR count). The monoisotopic (exact) mass is 640 g/mol. The average Bonchev–Trinajstić information content (AvgIpc) is 2.98. The third kappa shape index (κ3) is 10.3. The number of rotatable bonds is 16. The van der Waals surface area contributed by atoms with Crippen LogP contribution in [0.1, 0.15) is 116 Å². The van der Waals surface area contributed by atoms with E-state index in [4.69, 9.17) is 28.4 Å². The smallest absolute Gasteiger partial charge is 0.311 e. The molecule has 0 aliphatic carbocycles. The van der Waals surface area contributed by atoms with Gasteiger partial charge in [-0.15, -0.1) is 0 Å². The summed E-state index contributed by atoms with van der Waals surface area (Å²) in [7, 11) is 0. The molecule has 0 fully saturated rings. The Kier molecular flexibility index (Phi) is 14.0. The van der Waals surface area contributed by atoms with E-state index in [1.54, 1.807) is 6.07 Å². The highest BCUT2D eigenvalue weighted by Crippen LogP contribution is 2.45. The topological polar surface area (TPSA) is 141 Å². The molecule has 46 heavy (non-hydrogen) atoms. The van der Waals surface area contributed by atoms with Gasteiger partial charge in [0.05, 0.1) is 0 Å². The van der Waals surface area contributed by atoms with Crippen LogP contribution in [0.3, 0.4) is 0 Å². The molecule has 0 amide bonds. The van der Waals surface area contributed by atoms with Crippen LogP contribution in [0.15, 0.2) is 30.3 Å². The molecule has 0 spiro atoms. The Bertz CT molecular complexity index is 1400. The predicted octanol–water partition coefficient (Wildman–Crippen LogP) is 6.90. The Labute approximate surface area is 269 Å². The van der Waals surface area contributed by atoms with E-state index in [1.165, 1.54) is 24.3 Å². The van der Waals surface area contributed by atoms with Gasteiger partial charge in [-0.25, -0.2) is 0 Å². The van der Waals surface area contributed by atoms with E-state index in [9.17, 15) is 24.0 Å². The molecule has 2 aromatic rings. The second-order valence-electron chi connectivity index (χ2n) is 11.0. The number of hydrogen-bond donors (Lipinski definition) is 0. The third-order valence-corrected chi connectivity index (χ3v) is 6.89. The Morgan fingerprint density at radius 2 is 1.11 bits per heavy atom. The molecule has 0 saturated heterocycles. The molecule has 0 N–H and O–H groups in total. The Morgan fingerprint density at radius 1 is 0.609 bits per heavy atom. The first-order chi connectivity index (χ1) is 22.1. The molecule has 11 heteroatoms. The normalized spacial score (nSPS) is 15.2. The van der Waals surface area contributed by atoms with E-state index < -0.39 is 42.1 Å². The minimum atomic E-state index is -0.918. The van der Waals surface area contributed by atoms with E-state index in [1.807, 2.05) is 34.6 Å². The molecule has 0 radical (unpaired) electrons. The second-order valence-corrected chi connectivity index (χ2v) is 11.0. The van der Waals surface area contributed by atoms with Crippen LogP contribution in [-0.4, -0.2) is 36.0 Å². The van der Waals surface area contributed by atoms with Crippen molar-refractivity contribution in [1.29, 1.82) is 0 Å². The first kappa shape index (κ1) is 36.1. The SMILES string of the molecule is CCCC(=O)Oc1cc(OC(=O)CCC)c2c(c1)O[C@H](c1ccc(OC(=O)CCC)c(OC(=O)CCC)c1)[C@H](OC(=O)CCC)C2. The fraction of sp³-hybridized carbons (Fsp3) is 0.514. The Morgan fingerprint density at radius 3 is 1.67 bits per heavy atom. The predicted molar refractivity (Wildman–Crippen MR) is 167 cm³/mol. The molecule has 1 aliphatic rings. The zero-order valence-electron chi connectivity index (χ0n) is 27.3. The maximum atomic E-state index is 12.8. The average molecular weight is 641 g/mol. The summed E-state index contributed by atoms with van der Waals surface area (Å²) in [4.78, 5) is 62.5. The van der Waals surface area contributed by atoms with Crippen molar-refractivity contribution < 1.29 is 52.4 Å². The van der Waals surface area contributed by atoms with E-state index in [-0.39, 0.29) is 67.3 Å². The summed E-state index contributed by atoms with van der Waals surface area (Å²) in [6, 6.07) is 7.64. The van der Waals surface area contributed by atoms with Gasteiger partial charge in [-0.05, 0) is 44.2 Å². The Balaban J connectivity index is 2.11. The largest absolute Gasteiger partial charge is 0.481 e. The number of benzene rings is 2. The molecular formula is C35H44O11. The summed E-state index contributed by atoms with van der Waals surface area (Å²) in [5.41, 5.74) is 0.928. The van der Waals surface area contributed by atoms with Gasteiger partial charge in [0.1, 0.15) is 23.4 Å². The van der Waals surface area contributed by atoms with Crippen LogP contribution >= 0.6 is 0 Å². The van der Waals surface area contributed by atoms with Crippen molar-refractivity contribution in [3.8, 4) is 28.7 Å². The van der Waals surface area contributed by atoms with Crippen LogP contribution in [0.2, 0.25) is 0 Å². The van der Waals surface area contributed by atoms with Gasteiger partial charge in [0.25, 0.3) is 0 Å². The van der Waals surface area contributed by atoms with Gasteiger partial charge >= 0.3 is 29.8 Å². The summed E-state index contributed by atoms with van der Waals surface area (Å²) in [5.74, 6) is -1.76. The standard InChI is InChI=1S/C35H44O11/c1-6-11-30(36)41-23-19-26(43-32(38)13-8-3)24-21-29(45-34(40)15-10-5)35(46-27(24)20-23)22-16-17-25(42-31(37)12-7-2)28(18-22)44-33(39)14-9-4/h16-20,29,35H,6-15,21H2,1-5H3/t29-,35-/m1/s1. The molecule has 11 nitrogen and oxygen atoms in total. The lowest BCUT2D eigenvalue weighted by molar-refractivity contribution is -0.155. The van der Waals surface area contributed by atoms with Crippen molar-refractivity contribution in [1.82, 2.24) is 0 Å². The van der Waals surface area contributed by atoms with Gasteiger partial charge in [-0.2, -0.15) is 0 Å². The lowest BCUT2D eigenvalue weighted by atomic mass is 9.93. The number of carbonyl (C=O) groups excluding carboxylic acids is 5. The highest BCUT2D eigenvalue weighted by Gasteiger charge is 2.37. The fourth-order valence-electron chi connectivity index (χ4n) is 4.78. The number of fused-ring (bicyclic) bond motifs is 1. The van der Waals surface area contributed by atoms with Crippen LogP contribution in [-0.2, 0) is 35.1 Å². The zero-order chi connectivity index (χ0) is 33.6. The van der Waals surface area contributed by atoms with Crippen LogP contribution in [0, 0.1) is 0 Å². The van der Waals surface area contributed by atoms with Gasteiger partial charge in [0.15, 0.2) is 17.6 Å². The zero-order valence-corrected chi connectivity index (χ0v) is 27.3. The second kappa shape index (κ2) is 17.9. The number of hydrogen-bond acceptors (Lipinski definition) is 11. The van der Waals surface area contributed by atoms with Gasteiger partial charge in [-0.3, -0.25) is 24.0 Å². The molecule has 0 unspecified atom stereocenters. The van der Waals surface area contributed by atoms with Gasteiger partial charge < -0.3 is 28.4 Å². The molecular weight excluding hydrogens is 596 g/mol. The lowest BCUT2D eigenvalue weighted by Gasteiger charge is -2.34. The molecule has 250 valence electrons. The quantitative estimate of drug-likeness (QED) is 0.140. The van der Waals surface area contributed by atoms with Gasteiger partial charge in [0, 0.05) is 61.8 Å². The van der Waals surface area contributed by atoms with Crippen LogP contribution < -0.4 is 23.7 Å². The van der Waals surface area contributed by atoms with Gasteiger partial charge in [0.2, 0.25) is 0 Å². The number of carbonyl (C=O) groups is 5. The van der Waals surface area contributed by atoms with Crippen LogP contribution in [0.25, 0.3) is 0 Å². The van der Waals surface area contributed by atoms with Crippen LogP contribution in [0.4, 0.5) is 0 Å². The maximum absolute atomic E-state index is 12.8. The maximum Gasteiger partial charge on any atom is 0.311 e. The summed E-state index contributed by atoms with van der Waals surface area (Å²) in [5, 5.41) is 0. The van der Waals surface area contributed by atoms with Gasteiger partial charge in [-0.1, -0.05) is 40.7 Å². The van der Waals surface area contributed by atoms with Crippen molar-refractivity contribution in [3.63, 3.8) is 0 Å². The Hall–Kier alpha value is -4.41. The molecule has 2 aromatic carbocycles. The van der Waals surface area contributed by atoms with Crippen molar-refractivity contribution >= 4 is 29.8 Å². The van der Waals surface area contributed by atoms with E-state index in [2.05, 4.69) is 0 Å². The molecule has 1 aliphatic heterocycles. The van der Waals surface area contributed by atoms with Crippen molar-refractivity contribution in [2.24, 2.45) is 0 Å². The molecule has 0 bridgehead atoms. The summed E-state index contributed by atoms with van der Waals surface area (Å²) >= 11 is 0. The number of esters is 5. The highest BCUT2D eigenvalue weighted by atomic mass is 16.6. The summed E-state index contributed by atoms with van der Waals surface area (Å²) in [6.07, 6.45) is 2.01. The van der Waals surface area contributed by atoms with Crippen molar-refractivity contribution in [2.75, 3.05) is 0 Å². The van der Waals surface area contributed by atoms with E-state index in [0.29, 0.717) is 43.2 Å². The van der Waals surface area contributed by atoms with E-state index >= 15 is 0 Å². The van der Waals surface area contributed by atoms with E-state index in [0.717, 1.165) is 0 Å². The van der Waals surface area contributed by atoms with Crippen LogP contribution in [0.5, 0.6) is 28.7 Å².